The number of benzene rings is 3. The van der Waals surface area contributed by atoms with Gasteiger partial charge in [0.05, 0.1) is 6.04 Å². The molecule has 0 aromatic heterocycles. The Labute approximate surface area is 185 Å². The number of hydrogen-bond donors (Lipinski definition) is 2. The van der Waals surface area contributed by atoms with Crippen LogP contribution >= 0.6 is 0 Å². The van der Waals surface area contributed by atoms with Crippen molar-refractivity contribution in [2.24, 2.45) is 0 Å². The first kappa shape index (κ1) is 21.4. The van der Waals surface area contributed by atoms with Gasteiger partial charge in [0.1, 0.15) is 5.82 Å². The molecule has 1 atom stereocenters. The van der Waals surface area contributed by atoms with Gasteiger partial charge in [0.2, 0.25) is 12.7 Å². The zero-order valence-corrected chi connectivity index (χ0v) is 17.6. The highest BCUT2D eigenvalue weighted by molar-refractivity contribution is 6.04. The Morgan fingerprint density at radius 3 is 2.44 bits per heavy atom. The molecule has 3 aromatic carbocycles. The smallest absolute Gasteiger partial charge is 0.255 e. The molecule has 1 aliphatic rings. The van der Waals surface area contributed by atoms with E-state index in [1.807, 2.05) is 37.3 Å². The summed E-state index contributed by atoms with van der Waals surface area (Å²) in [6, 6.07) is 18.1. The monoisotopic (exact) mass is 434 g/mol. The average molecular weight is 434 g/mol. The molecule has 2 N–H and O–H groups in total. The minimum Gasteiger partial charge on any atom is -0.454 e. The molecule has 7 heteroatoms. The van der Waals surface area contributed by atoms with Crippen molar-refractivity contribution in [3.63, 3.8) is 0 Å². The Morgan fingerprint density at radius 1 is 0.969 bits per heavy atom. The number of nitrogens with one attached hydrogen (secondary N) is 2. The molecule has 32 heavy (non-hydrogen) atoms. The Bertz CT molecular complexity index is 1110. The molecular weight excluding hydrogens is 411 g/mol. The predicted molar refractivity (Wildman–Crippen MR) is 118 cm³/mol. The highest BCUT2D eigenvalue weighted by atomic mass is 19.1. The lowest BCUT2D eigenvalue weighted by atomic mass is 10.1. The van der Waals surface area contributed by atoms with E-state index in [1.165, 1.54) is 24.3 Å². The summed E-state index contributed by atoms with van der Waals surface area (Å²) in [5.41, 5.74) is 2.92. The minimum absolute atomic E-state index is 0.0520. The molecule has 164 valence electrons. The summed E-state index contributed by atoms with van der Waals surface area (Å²) in [4.78, 5) is 24.6. The molecule has 0 spiro atoms. The molecule has 1 aliphatic heterocycles. The number of fused-ring (bicyclic) bond motifs is 1. The average Bonchev–Trinajstić information content (AvgIpc) is 3.26. The van der Waals surface area contributed by atoms with Gasteiger partial charge >= 0.3 is 0 Å². The standard InChI is InChI=1S/C25H23FN2O4/c1-16(27-24(29)13-3-17-2-12-22-23(14-17)32-15-31-22)18-6-10-21(11-7-18)28-25(30)19-4-8-20(26)9-5-19/h2,4-12,14,16H,3,13,15H2,1H3,(H,27,29)(H,28,30). The van der Waals surface area contributed by atoms with Gasteiger partial charge in [-0.1, -0.05) is 18.2 Å². The molecule has 0 aliphatic carbocycles. The molecule has 0 bridgehead atoms. The summed E-state index contributed by atoms with van der Waals surface area (Å²) < 4.78 is 23.7. The lowest BCUT2D eigenvalue weighted by Gasteiger charge is -2.15. The number of halogens is 1. The first-order valence-corrected chi connectivity index (χ1v) is 10.3. The van der Waals surface area contributed by atoms with Crippen LogP contribution in [0.3, 0.4) is 0 Å². The number of anilines is 1. The first-order valence-electron chi connectivity index (χ1n) is 10.3. The second kappa shape index (κ2) is 9.51. The summed E-state index contributed by atoms with van der Waals surface area (Å²) in [6.45, 7) is 2.13. The molecule has 0 fully saturated rings. The number of amides is 2. The summed E-state index contributed by atoms with van der Waals surface area (Å²) >= 11 is 0. The largest absolute Gasteiger partial charge is 0.454 e. The van der Waals surface area contributed by atoms with Crippen molar-refractivity contribution in [1.29, 1.82) is 0 Å². The van der Waals surface area contributed by atoms with Crippen LogP contribution in [0.25, 0.3) is 0 Å². The van der Waals surface area contributed by atoms with Crippen molar-refractivity contribution in [3.05, 3.63) is 89.2 Å². The van der Waals surface area contributed by atoms with E-state index in [0.717, 1.165) is 16.9 Å². The SMILES string of the molecule is CC(NC(=O)CCc1ccc2c(c1)OCO2)c1ccc(NC(=O)c2ccc(F)cc2)cc1. The first-order chi connectivity index (χ1) is 15.5. The molecule has 1 unspecified atom stereocenters. The maximum absolute atomic E-state index is 13.0. The summed E-state index contributed by atoms with van der Waals surface area (Å²) in [7, 11) is 0. The third-order valence-electron chi connectivity index (χ3n) is 5.23. The number of aryl methyl sites for hydroxylation is 1. The van der Waals surface area contributed by atoms with E-state index in [9.17, 15) is 14.0 Å². The maximum atomic E-state index is 13.0. The molecule has 0 saturated heterocycles. The highest BCUT2D eigenvalue weighted by Gasteiger charge is 2.15. The molecule has 3 aromatic rings. The van der Waals surface area contributed by atoms with E-state index in [2.05, 4.69) is 10.6 Å². The zero-order valence-electron chi connectivity index (χ0n) is 17.6. The normalized spacial score (nSPS) is 12.8. The van der Waals surface area contributed by atoms with E-state index < -0.39 is 5.82 Å². The van der Waals surface area contributed by atoms with Crippen LogP contribution in [-0.2, 0) is 11.2 Å². The summed E-state index contributed by atoms with van der Waals surface area (Å²) in [6.07, 6.45) is 0.958. The van der Waals surface area contributed by atoms with E-state index in [1.54, 1.807) is 12.1 Å². The summed E-state index contributed by atoms with van der Waals surface area (Å²) in [5.74, 6) is 0.677. The predicted octanol–water partition coefficient (Wildman–Crippen LogP) is 4.62. The van der Waals surface area contributed by atoms with Gasteiger partial charge in [-0.15, -0.1) is 0 Å². The van der Waals surface area contributed by atoms with Gasteiger partial charge < -0.3 is 20.1 Å². The number of carbonyl (C=O) groups is 2. The Kier molecular flexibility index (Phi) is 6.35. The third-order valence-corrected chi connectivity index (χ3v) is 5.23. The lowest BCUT2D eigenvalue weighted by molar-refractivity contribution is -0.121. The van der Waals surface area contributed by atoms with Crippen LogP contribution in [0.1, 0.15) is 40.9 Å². The van der Waals surface area contributed by atoms with Crippen molar-refractivity contribution in [2.75, 3.05) is 12.1 Å². The van der Waals surface area contributed by atoms with Gasteiger partial charge in [-0.3, -0.25) is 9.59 Å². The van der Waals surface area contributed by atoms with Gasteiger partial charge in [-0.25, -0.2) is 4.39 Å². The molecule has 0 saturated carbocycles. The van der Waals surface area contributed by atoms with E-state index in [-0.39, 0.29) is 24.6 Å². The van der Waals surface area contributed by atoms with Crippen molar-refractivity contribution in [3.8, 4) is 11.5 Å². The van der Waals surface area contributed by atoms with Crippen LogP contribution in [0.4, 0.5) is 10.1 Å². The fourth-order valence-electron chi connectivity index (χ4n) is 3.41. The highest BCUT2D eigenvalue weighted by Crippen LogP contribution is 2.32. The van der Waals surface area contributed by atoms with Crippen LogP contribution in [0.15, 0.2) is 66.7 Å². The molecular formula is C25H23FN2O4. The van der Waals surface area contributed by atoms with Crippen molar-refractivity contribution >= 4 is 17.5 Å². The summed E-state index contributed by atoms with van der Waals surface area (Å²) in [5, 5.41) is 5.77. The fraction of sp³-hybridized carbons (Fsp3) is 0.200. The quantitative estimate of drug-likeness (QED) is 0.569. The van der Waals surface area contributed by atoms with Gasteiger partial charge in [0, 0.05) is 17.7 Å². The van der Waals surface area contributed by atoms with Crippen LogP contribution < -0.4 is 20.1 Å². The molecule has 0 radical (unpaired) electrons. The maximum Gasteiger partial charge on any atom is 0.255 e. The number of carbonyl (C=O) groups excluding carboxylic acids is 2. The third kappa shape index (κ3) is 5.24. The fourth-order valence-corrected chi connectivity index (χ4v) is 3.41. The van der Waals surface area contributed by atoms with Crippen LogP contribution in [0, 0.1) is 5.82 Å². The van der Waals surface area contributed by atoms with Crippen molar-refractivity contribution in [2.45, 2.75) is 25.8 Å². The number of ether oxygens (including phenoxy) is 2. The molecule has 1 heterocycles. The topological polar surface area (TPSA) is 76.7 Å². The lowest BCUT2D eigenvalue weighted by Crippen LogP contribution is -2.26. The van der Waals surface area contributed by atoms with E-state index in [4.69, 9.17) is 9.47 Å². The second-order valence-corrected chi connectivity index (χ2v) is 7.56. The van der Waals surface area contributed by atoms with Crippen LogP contribution in [0.5, 0.6) is 11.5 Å². The van der Waals surface area contributed by atoms with Gasteiger partial charge in [-0.05, 0) is 73.0 Å². The van der Waals surface area contributed by atoms with Crippen LogP contribution in [0.2, 0.25) is 0 Å². The second-order valence-electron chi connectivity index (χ2n) is 7.56. The van der Waals surface area contributed by atoms with E-state index >= 15 is 0 Å². The Balaban J connectivity index is 1.27. The van der Waals surface area contributed by atoms with E-state index in [0.29, 0.717) is 29.8 Å². The number of hydrogen-bond acceptors (Lipinski definition) is 4. The molecule has 6 nitrogen and oxygen atoms in total. The van der Waals surface area contributed by atoms with Crippen LogP contribution in [-0.4, -0.2) is 18.6 Å². The van der Waals surface area contributed by atoms with Gasteiger partial charge in [-0.2, -0.15) is 0 Å². The zero-order chi connectivity index (χ0) is 22.5. The van der Waals surface area contributed by atoms with Gasteiger partial charge in [0.15, 0.2) is 11.5 Å². The number of rotatable bonds is 7. The van der Waals surface area contributed by atoms with Crippen molar-refractivity contribution in [1.82, 2.24) is 5.32 Å². The van der Waals surface area contributed by atoms with Gasteiger partial charge in [0.25, 0.3) is 5.91 Å². The minimum atomic E-state index is -0.391. The molecule has 2 amide bonds. The Hall–Kier alpha value is -3.87. The Morgan fingerprint density at radius 2 is 1.69 bits per heavy atom. The van der Waals surface area contributed by atoms with Crippen molar-refractivity contribution < 1.29 is 23.5 Å². The molecule has 4 rings (SSSR count).